The number of rotatable bonds is 5. The van der Waals surface area contributed by atoms with Crippen LogP contribution in [-0.4, -0.2) is 33.3 Å². The van der Waals surface area contributed by atoms with Gasteiger partial charge in [-0.3, -0.25) is 9.78 Å². The number of H-pyrrole nitrogens is 2. The molecule has 8 heteroatoms. The number of nitrogens with one attached hydrogen (secondary N) is 2. The lowest BCUT2D eigenvalue weighted by Crippen LogP contribution is -2.43. The van der Waals surface area contributed by atoms with Crippen LogP contribution in [-0.2, 0) is 11.5 Å². The maximum atomic E-state index is 12.1. The Bertz CT molecular complexity index is 715. The van der Waals surface area contributed by atoms with Crippen molar-refractivity contribution in [1.29, 1.82) is 0 Å². The van der Waals surface area contributed by atoms with Crippen molar-refractivity contribution in [2.75, 3.05) is 0 Å². The summed E-state index contributed by atoms with van der Waals surface area (Å²) in [5.41, 5.74) is -0.293. The molecule has 2 aromatic heterocycles. The predicted molar refractivity (Wildman–Crippen MR) is 79.5 cm³/mol. The second-order valence-corrected chi connectivity index (χ2v) is 11.1. The van der Waals surface area contributed by atoms with Crippen LogP contribution in [0.25, 0.3) is 11.2 Å². The molecular weight excluding hydrogens is 276 g/mol. The van der Waals surface area contributed by atoms with Crippen molar-refractivity contribution in [2.45, 2.75) is 45.4 Å². The molecule has 0 radical (unpaired) electrons. The highest BCUT2D eigenvalue weighted by molar-refractivity contribution is 6.78. The molecule has 0 aromatic carbocycles. The van der Waals surface area contributed by atoms with Gasteiger partial charge < -0.3 is 9.72 Å². The van der Waals surface area contributed by atoms with E-state index in [1.165, 1.54) is 6.33 Å². The number of hydrogen-bond donors (Lipinski definition) is 2. The van der Waals surface area contributed by atoms with Crippen molar-refractivity contribution < 1.29 is 4.74 Å². The van der Waals surface area contributed by atoms with Crippen molar-refractivity contribution in [2.24, 2.45) is 0 Å². The van der Waals surface area contributed by atoms with Gasteiger partial charge in [-0.1, -0.05) is 26.1 Å². The molecule has 20 heavy (non-hydrogen) atoms. The summed E-state index contributed by atoms with van der Waals surface area (Å²) in [5, 5.41) is 0. The molecule has 1 unspecified atom stereocenters. The Labute approximate surface area is 117 Å². The van der Waals surface area contributed by atoms with Gasteiger partial charge in [0.25, 0.3) is 5.56 Å². The van der Waals surface area contributed by atoms with Gasteiger partial charge in [-0.05, 0) is 6.92 Å². The Morgan fingerprint density at radius 2 is 2.15 bits per heavy atom. The Morgan fingerprint density at radius 3 is 2.80 bits per heavy atom. The van der Waals surface area contributed by atoms with Crippen LogP contribution in [0.2, 0.25) is 19.1 Å². The first-order chi connectivity index (χ1) is 9.36. The van der Waals surface area contributed by atoms with Crippen LogP contribution in [0.5, 0.6) is 0 Å². The van der Waals surface area contributed by atoms with Crippen molar-refractivity contribution in [3.05, 3.63) is 27.2 Å². The highest BCUT2D eigenvalue weighted by Crippen LogP contribution is 2.16. The molecule has 0 spiro atoms. The van der Waals surface area contributed by atoms with Gasteiger partial charge in [0.1, 0.15) is 12.2 Å². The van der Waals surface area contributed by atoms with E-state index in [2.05, 4.69) is 35.0 Å². The molecule has 2 aromatic rings. The first-order valence-corrected chi connectivity index (χ1v) is 9.93. The van der Waals surface area contributed by atoms with Crippen LogP contribution in [0, 0.1) is 0 Å². The van der Waals surface area contributed by atoms with E-state index >= 15 is 0 Å². The molecule has 0 aliphatic heterocycles. The third kappa shape index (κ3) is 2.61. The molecule has 2 rings (SSSR count). The molecule has 2 heterocycles. The average Bonchev–Trinajstić information content (AvgIpc) is 2.86. The molecule has 0 bridgehead atoms. The quantitative estimate of drug-likeness (QED) is 0.806. The molecule has 0 amide bonds. The van der Waals surface area contributed by atoms with Crippen LogP contribution < -0.4 is 11.2 Å². The summed E-state index contributed by atoms with van der Waals surface area (Å²) in [6, 6.07) is 1.08. The van der Waals surface area contributed by atoms with E-state index in [1.54, 1.807) is 0 Å². The Balaban J connectivity index is 2.27. The zero-order valence-electron chi connectivity index (χ0n) is 12.2. The maximum Gasteiger partial charge on any atom is 0.332 e. The molecule has 110 valence electrons. The highest BCUT2D eigenvalue weighted by atomic mass is 28.3. The molecule has 0 saturated carbocycles. The number of imidazole rings is 1. The van der Waals surface area contributed by atoms with Gasteiger partial charge in [-0.2, -0.15) is 0 Å². The zero-order valence-corrected chi connectivity index (χ0v) is 13.2. The van der Waals surface area contributed by atoms with Gasteiger partial charge in [-0.15, -0.1) is 0 Å². The normalized spacial score (nSPS) is 13.8. The standard InChI is InChI=1S/C12H20N4O3Si/c1-5-20(3,4)8(2)19-7-16-11(17)9-10(14-6-13-9)15-12(16)18/h6,8H,5,7H2,1-4H3,(H,13,14)(H,15,18). The number of aromatic nitrogens is 4. The van der Waals surface area contributed by atoms with Gasteiger partial charge >= 0.3 is 5.69 Å². The van der Waals surface area contributed by atoms with Gasteiger partial charge in [0, 0.05) is 5.73 Å². The smallest absolute Gasteiger partial charge is 0.332 e. The zero-order chi connectivity index (χ0) is 14.9. The van der Waals surface area contributed by atoms with Gasteiger partial charge in [0.15, 0.2) is 5.65 Å². The average molecular weight is 296 g/mol. The number of nitrogens with zero attached hydrogens (tertiary/aromatic N) is 2. The van der Waals surface area contributed by atoms with Gasteiger partial charge in [0.2, 0.25) is 0 Å². The fourth-order valence-electron chi connectivity index (χ4n) is 1.76. The van der Waals surface area contributed by atoms with Crippen LogP contribution in [0.1, 0.15) is 13.8 Å². The third-order valence-corrected chi connectivity index (χ3v) is 8.22. The van der Waals surface area contributed by atoms with Crippen molar-refractivity contribution in [1.82, 2.24) is 19.5 Å². The van der Waals surface area contributed by atoms with E-state index in [-0.39, 0.29) is 23.6 Å². The largest absolute Gasteiger partial charge is 0.361 e. The third-order valence-electron chi connectivity index (χ3n) is 4.03. The topological polar surface area (TPSA) is 92.8 Å². The SMILES string of the molecule is CC[Si](C)(C)C(C)OCn1c(=O)[nH]c2nc[nH]c2c1=O. The first-order valence-electron chi connectivity index (χ1n) is 6.64. The molecule has 0 aliphatic carbocycles. The number of ether oxygens (including phenoxy) is 1. The Kier molecular flexibility index (Phi) is 3.96. The predicted octanol–water partition coefficient (Wildman–Crippen LogP) is 1.04. The van der Waals surface area contributed by atoms with E-state index in [0.717, 1.165) is 10.6 Å². The van der Waals surface area contributed by atoms with Gasteiger partial charge in [-0.25, -0.2) is 14.3 Å². The molecule has 2 N–H and O–H groups in total. The lowest BCUT2D eigenvalue weighted by molar-refractivity contribution is 0.0516. The van der Waals surface area contributed by atoms with Crippen LogP contribution in [0.4, 0.5) is 0 Å². The van der Waals surface area contributed by atoms with E-state index in [9.17, 15) is 9.59 Å². The Morgan fingerprint density at radius 1 is 1.45 bits per heavy atom. The molecule has 0 saturated heterocycles. The minimum Gasteiger partial charge on any atom is -0.361 e. The summed E-state index contributed by atoms with van der Waals surface area (Å²) in [4.78, 5) is 33.2. The maximum absolute atomic E-state index is 12.1. The fourth-order valence-corrected chi connectivity index (χ4v) is 2.87. The fraction of sp³-hybridized carbons (Fsp3) is 0.583. The Hall–Kier alpha value is -1.67. The molecule has 0 fully saturated rings. The van der Waals surface area contributed by atoms with Crippen LogP contribution >= 0.6 is 0 Å². The van der Waals surface area contributed by atoms with Crippen LogP contribution in [0.3, 0.4) is 0 Å². The second-order valence-electron chi connectivity index (χ2n) is 5.57. The number of fused-ring (bicyclic) bond motifs is 1. The lowest BCUT2D eigenvalue weighted by Gasteiger charge is -2.28. The summed E-state index contributed by atoms with van der Waals surface area (Å²) in [5.74, 6) is 0. The minimum absolute atomic E-state index is 0.0409. The summed E-state index contributed by atoms with van der Waals surface area (Å²) in [6.07, 6.45) is 1.38. The van der Waals surface area contributed by atoms with Crippen molar-refractivity contribution >= 4 is 19.2 Å². The number of hydrogen-bond acceptors (Lipinski definition) is 4. The van der Waals surface area contributed by atoms with E-state index in [0.29, 0.717) is 0 Å². The summed E-state index contributed by atoms with van der Waals surface area (Å²) in [7, 11) is -1.48. The lowest BCUT2D eigenvalue weighted by atomic mass is 10.5. The molecular formula is C12H20N4O3Si. The second kappa shape index (κ2) is 5.37. The minimum atomic E-state index is -1.48. The summed E-state index contributed by atoms with van der Waals surface area (Å²) in [6.45, 7) is 8.55. The monoisotopic (exact) mass is 296 g/mol. The van der Waals surface area contributed by atoms with Gasteiger partial charge in [0.05, 0.1) is 14.4 Å². The van der Waals surface area contributed by atoms with E-state index in [4.69, 9.17) is 4.74 Å². The molecule has 0 aliphatic rings. The first kappa shape index (κ1) is 14.7. The molecule has 7 nitrogen and oxygen atoms in total. The van der Waals surface area contributed by atoms with Crippen molar-refractivity contribution in [3.8, 4) is 0 Å². The highest BCUT2D eigenvalue weighted by Gasteiger charge is 2.27. The van der Waals surface area contributed by atoms with Crippen LogP contribution in [0.15, 0.2) is 15.9 Å². The van der Waals surface area contributed by atoms with Crippen molar-refractivity contribution in [3.63, 3.8) is 0 Å². The van der Waals surface area contributed by atoms with E-state index in [1.807, 2.05) is 6.92 Å². The summed E-state index contributed by atoms with van der Waals surface area (Å²) < 4.78 is 6.79. The van der Waals surface area contributed by atoms with E-state index < -0.39 is 19.3 Å². The summed E-state index contributed by atoms with van der Waals surface area (Å²) >= 11 is 0. The number of aromatic amines is 2. The molecule has 1 atom stereocenters.